The van der Waals surface area contributed by atoms with Gasteiger partial charge < -0.3 is 14.2 Å². The molecule has 5 nitrogen and oxygen atoms in total. The van der Waals surface area contributed by atoms with Gasteiger partial charge >= 0.3 is 7.60 Å². The number of aryl methyl sites for hydroxylation is 2. The Morgan fingerprint density at radius 2 is 2.07 bits per heavy atom. The second-order valence-corrected chi connectivity index (χ2v) is 4.72. The van der Waals surface area contributed by atoms with Gasteiger partial charge in [0, 0.05) is 0 Å². The summed E-state index contributed by atoms with van der Waals surface area (Å²) in [6.45, 7) is 3.25. The Morgan fingerprint density at radius 3 is 2.43 bits per heavy atom. The van der Waals surface area contributed by atoms with Crippen LogP contribution < -0.4 is 0 Å². The van der Waals surface area contributed by atoms with Crippen LogP contribution in [0.25, 0.3) is 0 Å². The summed E-state index contributed by atoms with van der Waals surface area (Å²) in [6, 6.07) is 1.48. The average Bonchev–Trinajstić information content (AvgIpc) is 2.26. The molecule has 0 aliphatic heterocycles. The SMILES string of the molecule is Cc1cc(C(=O)CP(=O)(O)O)c(C)o1. The molecule has 0 unspecified atom stereocenters. The van der Waals surface area contributed by atoms with Crippen molar-refractivity contribution in [2.75, 3.05) is 6.16 Å². The van der Waals surface area contributed by atoms with Crippen LogP contribution in [0.5, 0.6) is 0 Å². The topological polar surface area (TPSA) is 87.7 Å². The quantitative estimate of drug-likeness (QED) is 0.588. The second kappa shape index (κ2) is 3.69. The minimum absolute atomic E-state index is 0.242. The van der Waals surface area contributed by atoms with Crippen LogP contribution in [0.15, 0.2) is 10.5 Å². The molecule has 1 heterocycles. The van der Waals surface area contributed by atoms with Gasteiger partial charge in [0.1, 0.15) is 17.7 Å². The number of Topliss-reactive ketones (excluding diaryl/α,β-unsaturated/α-hetero) is 1. The minimum Gasteiger partial charge on any atom is -0.466 e. The standard InChI is InChI=1S/C8H11O5P/c1-5-3-7(6(2)13-5)8(9)4-14(10,11)12/h3H,4H2,1-2H3,(H2,10,11,12). The van der Waals surface area contributed by atoms with Crippen molar-refractivity contribution in [1.82, 2.24) is 0 Å². The summed E-state index contributed by atoms with van der Waals surface area (Å²) in [7, 11) is -4.29. The van der Waals surface area contributed by atoms with Crippen molar-refractivity contribution in [1.29, 1.82) is 0 Å². The van der Waals surface area contributed by atoms with Gasteiger partial charge in [0.05, 0.1) is 5.56 Å². The van der Waals surface area contributed by atoms with Crippen LogP contribution in [0.2, 0.25) is 0 Å². The summed E-state index contributed by atoms with van der Waals surface area (Å²) in [4.78, 5) is 28.6. The van der Waals surface area contributed by atoms with E-state index in [0.717, 1.165) is 0 Å². The summed E-state index contributed by atoms with van der Waals surface area (Å²) in [5.41, 5.74) is 0.242. The fraction of sp³-hybridized carbons (Fsp3) is 0.375. The normalized spacial score (nSPS) is 11.7. The summed E-state index contributed by atoms with van der Waals surface area (Å²) in [6.07, 6.45) is -0.771. The maximum absolute atomic E-state index is 11.3. The van der Waals surface area contributed by atoms with Crippen LogP contribution >= 0.6 is 7.60 Å². The molecule has 1 aromatic rings. The Bertz CT molecular complexity index is 400. The maximum Gasteiger partial charge on any atom is 0.333 e. The molecule has 0 saturated heterocycles. The number of hydrogen-bond donors (Lipinski definition) is 2. The molecule has 0 bridgehead atoms. The Hall–Kier alpha value is -0.900. The molecule has 0 aliphatic rings. The summed E-state index contributed by atoms with van der Waals surface area (Å²) < 4.78 is 15.7. The largest absolute Gasteiger partial charge is 0.466 e. The molecule has 0 spiro atoms. The second-order valence-electron chi connectivity index (χ2n) is 3.07. The zero-order valence-electron chi connectivity index (χ0n) is 7.85. The molecule has 0 saturated carbocycles. The van der Waals surface area contributed by atoms with E-state index in [4.69, 9.17) is 14.2 Å². The molecule has 2 N–H and O–H groups in total. The van der Waals surface area contributed by atoms with Crippen LogP contribution in [0.3, 0.4) is 0 Å². The van der Waals surface area contributed by atoms with Crippen molar-refractivity contribution >= 4 is 13.4 Å². The van der Waals surface area contributed by atoms with Gasteiger partial charge in [-0.2, -0.15) is 0 Å². The van der Waals surface area contributed by atoms with E-state index in [1.807, 2.05) is 0 Å². The number of ketones is 1. The van der Waals surface area contributed by atoms with Crippen LogP contribution in [0, 0.1) is 13.8 Å². The summed E-state index contributed by atoms with van der Waals surface area (Å²) >= 11 is 0. The third-order valence-electron chi connectivity index (χ3n) is 1.69. The van der Waals surface area contributed by atoms with Gasteiger partial charge in [0.15, 0.2) is 5.78 Å². The van der Waals surface area contributed by atoms with E-state index in [-0.39, 0.29) is 5.56 Å². The van der Waals surface area contributed by atoms with Gasteiger partial charge in [-0.25, -0.2) is 0 Å². The molecule has 0 atom stereocenters. The van der Waals surface area contributed by atoms with Crippen LogP contribution in [0.4, 0.5) is 0 Å². The fourth-order valence-electron chi connectivity index (χ4n) is 1.18. The first kappa shape index (κ1) is 11.2. The van der Waals surface area contributed by atoms with Gasteiger partial charge in [-0.15, -0.1) is 0 Å². The smallest absolute Gasteiger partial charge is 0.333 e. The van der Waals surface area contributed by atoms with Gasteiger partial charge in [-0.1, -0.05) is 0 Å². The highest BCUT2D eigenvalue weighted by molar-refractivity contribution is 7.52. The predicted molar refractivity (Wildman–Crippen MR) is 49.4 cm³/mol. The number of carbonyl (C=O) groups excluding carboxylic acids is 1. The third kappa shape index (κ3) is 2.80. The van der Waals surface area contributed by atoms with Crippen molar-refractivity contribution in [2.24, 2.45) is 0 Å². The molecule has 0 amide bonds. The van der Waals surface area contributed by atoms with E-state index in [1.165, 1.54) is 6.07 Å². The molecule has 0 aromatic carbocycles. The lowest BCUT2D eigenvalue weighted by Crippen LogP contribution is -2.05. The van der Waals surface area contributed by atoms with Gasteiger partial charge in [0.25, 0.3) is 0 Å². The highest BCUT2D eigenvalue weighted by atomic mass is 31.2. The highest BCUT2D eigenvalue weighted by Gasteiger charge is 2.23. The van der Waals surface area contributed by atoms with Crippen LogP contribution in [-0.2, 0) is 4.57 Å². The van der Waals surface area contributed by atoms with Gasteiger partial charge in [-0.3, -0.25) is 9.36 Å². The van der Waals surface area contributed by atoms with Crippen molar-refractivity contribution in [3.8, 4) is 0 Å². The summed E-state index contributed by atoms with van der Waals surface area (Å²) in [5.74, 6) is 0.352. The molecule has 78 valence electrons. The van der Waals surface area contributed by atoms with E-state index in [0.29, 0.717) is 11.5 Å². The summed E-state index contributed by atoms with van der Waals surface area (Å²) in [5, 5.41) is 0. The number of hydrogen-bond acceptors (Lipinski definition) is 3. The molecule has 1 rings (SSSR count). The molecule has 0 aliphatic carbocycles. The van der Waals surface area contributed by atoms with Crippen molar-refractivity contribution in [3.05, 3.63) is 23.2 Å². The van der Waals surface area contributed by atoms with Gasteiger partial charge in [-0.05, 0) is 19.9 Å². The fourth-order valence-corrected chi connectivity index (χ4v) is 1.72. The van der Waals surface area contributed by atoms with Crippen LogP contribution in [-0.4, -0.2) is 21.7 Å². The zero-order chi connectivity index (χ0) is 10.9. The lowest BCUT2D eigenvalue weighted by Gasteiger charge is -2.01. The van der Waals surface area contributed by atoms with E-state index in [2.05, 4.69) is 0 Å². The Morgan fingerprint density at radius 1 is 1.50 bits per heavy atom. The lowest BCUT2D eigenvalue weighted by atomic mass is 10.2. The average molecular weight is 218 g/mol. The van der Waals surface area contributed by atoms with E-state index in [1.54, 1.807) is 13.8 Å². The third-order valence-corrected chi connectivity index (χ3v) is 2.39. The first-order valence-corrected chi connectivity index (χ1v) is 5.74. The highest BCUT2D eigenvalue weighted by Crippen LogP contribution is 2.35. The molecule has 1 aromatic heterocycles. The first-order chi connectivity index (χ1) is 6.29. The molecule has 0 radical (unpaired) electrons. The monoisotopic (exact) mass is 218 g/mol. The number of carbonyl (C=O) groups is 1. The molecular formula is C8H11O5P. The Kier molecular flexibility index (Phi) is 2.95. The van der Waals surface area contributed by atoms with Crippen molar-refractivity contribution < 1.29 is 23.6 Å². The molecule has 14 heavy (non-hydrogen) atoms. The predicted octanol–water partition coefficient (Wildman–Crippen LogP) is 1.26. The number of furan rings is 1. The molecular weight excluding hydrogens is 207 g/mol. The Labute approximate surface area is 80.9 Å². The van der Waals surface area contributed by atoms with Crippen molar-refractivity contribution in [2.45, 2.75) is 13.8 Å². The van der Waals surface area contributed by atoms with Gasteiger partial charge in [0.2, 0.25) is 0 Å². The minimum atomic E-state index is -4.29. The maximum atomic E-state index is 11.3. The Balaban J connectivity index is 2.90. The number of rotatable bonds is 3. The van der Waals surface area contributed by atoms with E-state index >= 15 is 0 Å². The first-order valence-electron chi connectivity index (χ1n) is 3.94. The lowest BCUT2D eigenvalue weighted by molar-refractivity contribution is 0.101. The molecule has 0 fully saturated rings. The zero-order valence-corrected chi connectivity index (χ0v) is 8.75. The van der Waals surface area contributed by atoms with Crippen LogP contribution in [0.1, 0.15) is 21.9 Å². The molecule has 6 heteroatoms. The van der Waals surface area contributed by atoms with E-state index < -0.39 is 19.5 Å². The van der Waals surface area contributed by atoms with Crippen molar-refractivity contribution in [3.63, 3.8) is 0 Å². The van der Waals surface area contributed by atoms with E-state index in [9.17, 15) is 9.36 Å².